The molecule has 0 amide bonds. The highest BCUT2D eigenvalue weighted by atomic mass is 35.5. The van der Waals surface area contributed by atoms with Gasteiger partial charge in [-0.25, -0.2) is 4.39 Å². The van der Waals surface area contributed by atoms with Crippen LogP contribution in [0.2, 0.25) is 0 Å². The highest BCUT2D eigenvalue weighted by Gasteiger charge is 2.11. The lowest BCUT2D eigenvalue weighted by Gasteiger charge is -2.08. The predicted octanol–water partition coefficient (Wildman–Crippen LogP) is 2.69. The van der Waals surface area contributed by atoms with Crippen LogP contribution in [0.25, 0.3) is 0 Å². The van der Waals surface area contributed by atoms with Crippen molar-refractivity contribution in [3.8, 4) is 0 Å². The van der Waals surface area contributed by atoms with Gasteiger partial charge in [0, 0.05) is 13.0 Å². The Balaban J connectivity index is 0.00000225. The Morgan fingerprint density at radius 3 is 2.50 bits per heavy atom. The normalized spacial score (nSPS) is 10.1. The molecule has 0 N–H and O–H groups in total. The molecule has 0 heterocycles. The number of hydrogen-bond acceptors (Lipinski definition) is 2. The molecule has 90 valence electrons. The molecule has 0 saturated heterocycles. The number of hydrogen-bond donors (Lipinski definition) is 0. The van der Waals surface area contributed by atoms with Crippen LogP contribution in [0.3, 0.4) is 0 Å². The lowest BCUT2D eigenvalue weighted by molar-refractivity contribution is 0.0968. The minimum absolute atomic E-state index is 0. The van der Waals surface area contributed by atoms with Crippen LogP contribution in [0.1, 0.15) is 22.3 Å². The molecule has 0 aromatic heterocycles. The summed E-state index contributed by atoms with van der Waals surface area (Å²) in [5, 5.41) is 0. The van der Waals surface area contributed by atoms with Gasteiger partial charge in [-0.05, 0) is 38.7 Å². The van der Waals surface area contributed by atoms with E-state index in [-0.39, 0.29) is 23.8 Å². The van der Waals surface area contributed by atoms with Crippen molar-refractivity contribution in [1.82, 2.24) is 4.90 Å². The Kier molecular flexibility index (Phi) is 6.22. The smallest absolute Gasteiger partial charge is 0.167 e. The van der Waals surface area contributed by atoms with E-state index in [1.807, 2.05) is 19.0 Å². The Hall–Kier alpha value is -0.930. The van der Waals surface area contributed by atoms with Crippen LogP contribution in [0.4, 0.5) is 4.39 Å². The predicted molar refractivity (Wildman–Crippen MR) is 65.9 cm³/mol. The van der Waals surface area contributed by atoms with Gasteiger partial charge in [0.05, 0.1) is 5.56 Å². The van der Waals surface area contributed by atoms with E-state index in [4.69, 9.17) is 0 Å². The summed E-state index contributed by atoms with van der Waals surface area (Å²) in [6, 6.07) is 4.71. The quantitative estimate of drug-likeness (QED) is 0.761. The molecule has 0 aliphatic heterocycles. The fraction of sp³-hybridized carbons (Fsp3) is 0.417. The molecule has 0 fully saturated rings. The van der Waals surface area contributed by atoms with Gasteiger partial charge in [-0.15, -0.1) is 12.4 Å². The third kappa shape index (κ3) is 4.29. The van der Waals surface area contributed by atoms with Crippen molar-refractivity contribution in [2.45, 2.75) is 13.3 Å². The van der Waals surface area contributed by atoms with Crippen molar-refractivity contribution in [2.75, 3.05) is 20.6 Å². The summed E-state index contributed by atoms with van der Waals surface area (Å²) >= 11 is 0. The number of aryl methyl sites for hydroxylation is 1. The molecule has 1 aromatic rings. The number of Topliss-reactive ketones (excluding diaryl/α,β-unsaturated/α-hetero) is 1. The summed E-state index contributed by atoms with van der Waals surface area (Å²) in [6.45, 7) is 2.45. The minimum Gasteiger partial charge on any atom is -0.309 e. The van der Waals surface area contributed by atoms with Gasteiger partial charge < -0.3 is 4.90 Å². The Morgan fingerprint density at radius 2 is 2.00 bits per heavy atom. The molecule has 16 heavy (non-hydrogen) atoms. The SMILES string of the molecule is Cc1ccc(C(=O)CCN(C)C)c(F)c1.Cl. The van der Waals surface area contributed by atoms with Gasteiger partial charge in [0.25, 0.3) is 0 Å². The van der Waals surface area contributed by atoms with Crippen LogP contribution in [0, 0.1) is 12.7 Å². The largest absolute Gasteiger partial charge is 0.309 e. The first-order valence-electron chi connectivity index (χ1n) is 4.95. The first kappa shape index (κ1) is 15.1. The van der Waals surface area contributed by atoms with Gasteiger partial charge in [0.2, 0.25) is 0 Å². The first-order valence-corrected chi connectivity index (χ1v) is 4.95. The zero-order chi connectivity index (χ0) is 11.4. The van der Waals surface area contributed by atoms with Gasteiger partial charge in [0.15, 0.2) is 5.78 Å². The van der Waals surface area contributed by atoms with Crippen molar-refractivity contribution in [1.29, 1.82) is 0 Å². The maximum atomic E-state index is 13.4. The van der Waals surface area contributed by atoms with Crippen molar-refractivity contribution in [3.63, 3.8) is 0 Å². The highest BCUT2D eigenvalue weighted by Crippen LogP contribution is 2.12. The van der Waals surface area contributed by atoms with Gasteiger partial charge in [-0.1, -0.05) is 6.07 Å². The van der Waals surface area contributed by atoms with Gasteiger partial charge in [-0.2, -0.15) is 0 Å². The highest BCUT2D eigenvalue weighted by molar-refractivity contribution is 5.96. The van der Waals surface area contributed by atoms with Crippen LogP contribution in [0.5, 0.6) is 0 Å². The second kappa shape index (κ2) is 6.61. The van der Waals surface area contributed by atoms with Crippen molar-refractivity contribution < 1.29 is 9.18 Å². The maximum Gasteiger partial charge on any atom is 0.167 e. The topological polar surface area (TPSA) is 20.3 Å². The fourth-order valence-electron chi connectivity index (χ4n) is 1.31. The van der Waals surface area contributed by atoms with Crippen LogP contribution >= 0.6 is 12.4 Å². The lowest BCUT2D eigenvalue weighted by Crippen LogP contribution is -2.17. The zero-order valence-corrected chi connectivity index (χ0v) is 10.6. The molecule has 4 heteroatoms. The molecule has 2 nitrogen and oxygen atoms in total. The molecule has 1 aromatic carbocycles. The second-order valence-corrected chi connectivity index (χ2v) is 3.96. The van der Waals surface area contributed by atoms with E-state index < -0.39 is 5.82 Å². The molecule has 0 aliphatic rings. The van der Waals surface area contributed by atoms with E-state index in [0.717, 1.165) is 5.56 Å². The Bertz CT molecular complexity index is 366. The standard InChI is InChI=1S/C12H16FNO.ClH/c1-9-4-5-10(11(13)8-9)12(15)6-7-14(2)3;/h4-5,8H,6-7H2,1-3H3;1H. The van der Waals surface area contributed by atoms with Gasteiger partial charge >= 0.3 is 0 Å². The van der Waals surface area contributed by atoms with E-state index >= 15 is 0 Å². The third-order valence-electron chi connectivity index (χ3n) is 2.21. The van der Waals surface area contributed by atoms with E-state index in [2.05, 4.69) is 0 Å². The number of rotatable bonds is 4. The van der Waals surface area contributed by atoms with Crippen LogP contribution in [-0.4, -0.2) is 31.3 Å². The lowest BCUT2D eigenvalue weighted by atomic mass is 10.1. The van der Waals surface area contributed by atoms with E-state index in [0.29, 0.717) is 13.0 Å². The minimum atomic E-state index is -0.418. The second-order valence-electron chi connectivity index (χ2n) is 3.96. The Morgan fingerprint density at radius 1 is 1.38 bits per heavy atom. The van der Waals surface area contributed by atoms with Crippen molar-refractivity contribution in [3.05, 3.63) is 35.1 Å². The van der Waals surface area contributed by atoms with E-state index in [1.54, 1.807) is 19.1 Å². The summed E-state index contributed by atoms with van der Waals surface area (Å²) in [7, 11) is 3.78. The van der Waals surface area contributed by atoms with Crippen molar-refractivity contribution in [2.24, 2.45) is 0 Å². The molecule has 0 bridgehead atoms. The van der Waals surface area contributed by atoms with Gasteiger partial charge in [0.1, 0.15) is 5.82 Å². The first-order chi connectivity index (χ1) is 7.00. The van der Waals surface area contributed by atoms with E-state index in [1.165, 1.54) is 6.07 Å². The molecule has 0 aliphatic carbocycles. The number of carbonyl (C=O) groups is 1. The number of nitrogens with zero attached hydrogens (tertiary/aromatic N) is 1. The van der Waals surface area contributed by atoms with E-state index in [9.17, 15) is 9.18 Å². The molecule has 1 rings (SSSR count). The maximum absolute atomic E-state index is 13.4. The number of halogens is 2. The van der Waals surface area contributed by atoms with Gasteiger partial charge in [-0.3, -0.25) is 4.79 Å². The number of ketones is 1. The fourth-order valence-corrected chi connectivity index (χ4v) is 1.31. The number of benzene rings is 1. The molecule has 0 unspecified atom stereocenters. The van der Waals surface area contributed by atoms with Crippen molar-refractivity contribution >= 4 is 18.2 Å². The molecule has 0 saturated carbocycles. The molecular formula is C12H17ClFNO. The summed E-state index contributed by atoms with van der Waals surface area (Å²) < 4.78 is 13.4. The zero-order valence-electron chi connectivity index (χ0n) is 9.79. The Labute approximate surface area is 102 Å². The van der Waals surface area contributed by atoms with Crippen LogP contribution in [-0.2, 0) is 0 Å². The summed E-state index contributed by atoms with van der Waals surface area (Å²) in [6.07, 6.45) is 0.354. The third-order valence-corrected chi connectivity index (χ3v) is 2.21. The van der Waals surface area contributed by atoms with Crippen LogP contribution in [0.15, 0.2) is 18.2 Å². The number of carbonyl (C=O) groups excluding carboxylic acids is 1. The van der Waals surface area contributed by atoms with Crippen LogP contribution < -0.4 is 0 Å². The average molecular weight is 246 g/mol. The molecular weight excluding hydrogens is 229 g/mol. The molecule has 0 spiro atoms. The average Bonchev–Trinajstić information content (AvgIpc) is 2.14. The summed E-state index contributed by atoms with van der Waals surface area (Å²) in [5.41, 5.74) is 1.03. The summed E-state index contributed by atoms with van der Waals surface area (Å²) in [4.78, 5) is 13.5. The summed E-state index contributed by atoms with van der Waals surface area (Å²) in [5.74, 6) is -0.556. The monoisotopic (exact) mass is 245 g/mol. The molecule has 0 atom stereocenters. The molecule has 0 radical (unpaired) electrons.